The van der Waals surface area contributed by atoms with Crippen LogP contribution in [0.5, 0.6) is 0 Å². The van der Waals surface area contributed by atoms with Crippen molar-refractivity contribution in [2.75, 3.05) is 32.7 Å². The summed E-state index contributed by atoms with van der Waals surface area (Å²) < 4.78 is 14.5. The van der Waals surface area contributed by atoms with E-state index in [1.165, 1.54) is 23.5 Å². The monoisotopic (exact) mass is 470 g/mol. The van der Waals surface area contributed by atoms with Gasteiger partial charge in [0.2, 0.25) is 17.7 Å². The van der Waals surface area contributed by atoms with Crippen molar-refractivity contribution in [3.05, 3.63) is 34.6 Å². The van der Waals surface area contributed by atoms with Gasteiger partial charge in [0.1, 0.15) is 11.9 Å². The van der Waals surface area contributed by atoms with Crippen LogP contribution in [0.15, 0.2) is 12.1 Å². The topological polar surface area (TPSA) is 90.0 Å². The summed E-state index contributed by atoms with van der Waals surface area (Å²) >= 11 is 0. The van der Waals surface area contributed by atoms with Crippen LogP contribution in [0.2, 0.25) is 0 Å². The molecule has 4 amide bonds. The van der Waals surface area contributed by atoms with Crippen LogP contribution < -0.4 is 5.32 Å². The standard InChI is InChI=1S/C25H31FN4O4/c26-17-12-18(16-6-10-29(11-7-16)23(32)15-28-8-2-1-3-9-28)20-14-30(25(34)19(20)13-17)21-4-5-22(31)27-24(21)33/h12-13,16,21H,1-11,14-15H2,(H,27,31,33). The summed E-state index contributed by atoms with van der Waals surface area (Å²) in [5.41, 5.74) is 1.89. The zero-order valence-electron chi connectivity index (χ0n) is 19.4. The van der Waals surface area contributed by atoms with Gasteiger partial charge in [-0.1, -0.05) is 6.42 Å². The molecule has 1 N–H and O–H groups in total. The highest BCUT2D eigenvalue weighted by molar-refractivity contribution is 6.05. The Morgan fingerprint density at radius 2 is 1.74 bits per heavy atom. The van der Waals surface area contributed by atoms with Crippen molar-refractivity contribution in [2.45, 2.75) is 63.5 Å². The Hall–Kier alpha value is -2.81. The third-order valence-corrected chi connectivity index (χ3v) is 7.75. The van der Waals surface area contributed by atoms with Gasteiger partial charge in [-0.25, -0.2) is 4.39 Å². The van der Waals surface area contributed by atoms with Gasteiger partial charge in [0, 0.05) is 31.6 Å². The molecule has 5 rings (SSSR count). The third kappa shape index (κ3) is 4.45. The van der Waals surface area contributed by atoms with Gasteiger partial charge in [0.15, 0.2) is 0 Å². The second kappa shape index (κ2) is 9.44. The van der Waals surface area contributed by atoms with Gasteiger partial charge in [0.25, 0.3) is 5.91 Å². The molecular weight excluding hydrogens is 439 g/mol. The fourth-order valence-electron chi connectivity index (χ4n) is 5.87. The molecular formula is C25H31FN4O4. The summed E-state index contributed by atoms with van der Waals surface area (Å²) in [6.45, 7) is 3.91. The van der Waals surface area contributed by atoms with Gasteiger partial charge >= 0.3 is 0 Å². The molecule has 0 saturated carbocycles. The van der Waals surface area contributed by atoms with Crippen molar-refractivity contribution < 1.29 is 23.6 Å². The number of carbonyl (C=O) groups is 4. The van der Waals surface area contributed by atoms with Crippen LogP contribution in [0.25, 0.3) is 0 Å². The van der Waals surface area contributed by atoms with E-state index in [1.807, 2.05) is 4.90 Å². The first-order valence-corrected chi connectivity index (χ1v) is 12.4. The zero-order chi connectivity index (χ0) is 23.8. The van der Waals surface area contributed by atoms with Gasteiger partial charge in [-0.3, -0.25) is 29.4 Å². The number of halogens is 1. The SMILES string of the molecule is O=C1CCC(N2Cc3c(cc(F)cc3C3CCN(C(=O)CN4CCCCC4)CC3)C2=O)C(=O)N1. The molecule has 1 aromatic rings. The molecule has 0 aliphatic carbocycles. The molecule has 34 heavy (non-hydrogen) atoms. The number of hydrogen-bond donors (Lipinski definition) is 1. The Morgan fingerprint density at radius 3 is 2.44 bits per heavy atom. The van der Waals surface area contributed by atoms with Crippen LogP contribution in [0.4, 0.5) is 4.39 Å². The molecule has 0 spiro atoms. The summed E-state index contributed by atoms with van der Waals surface area (Å²) in [5.74, 6) is -1.42. The highest BCUT2D eigenvalue weighted by atomic mass is 19.1. The summed E-state index contributed by atoms with van der Waals surface area (Å²) in [7, 11) is 0. The normalized spacial score (nSPS) is 24.4. The molecule has 4 aliphatic heterocycles. The number of benzene rings is 1. The van der Waals surface area contributed by atoms with Crippen LogP contribution in [-0.4, -0.2) is 77.1 Å². The number of nitrogens with one attached hydrogen (secondary N) is 1. The van der Waals surface area contributed by atoms with Gasteiger partial charge in [-0.05, 0) is 74.4 Å². The van der Waals surface area contributed by atoms with Crippen molar-refractivity contribution >= 4 is 23.6 Å². The lowest BCUT2D eigenvalue weighted by Crippen LogP contribution is -2.52. The molecule has 182 valence electrons. The van der Waals surface area contributed by atoms with Crippen LogP contribution >= 0.6 is 0 Å². The highest BCUT2D eigenvalue weighted by Gasteiger charge is 2.41. The Labute approximate surface area is 198 Å². The second-order valence-electron chi connectivity index (χ2n) is 9.91. The van der Waals surface area contributed by atoms with E-state index in [4.69, 9.17) is 0 Å². The van der Waals surface area contributed by atoms with Crippen molar-refractivity contribution in [2.24, 2.45) is 0 Å². The molecule has 4 heterocycles. The van der Waals surface area contributed by atoms with Gasteiger partial charge in [-0.15, -0.1) is 0 Å². The van der Waals surface area contributed by atoms with Crippen molar-refractivity contribution in [1.82, 2.24) is 20.0 Å². The summed E-state index contributed by atoms with van der Waals surface area (Å²) in [5, 5.41) is 2.30. The number of fused-ring (bicyclic) bond motifs is 1. The predicted octanol–water partition coefficient (Wildman–Crippen LogP) is 1.78. The number of carbonyl (C=O) groups excluding carboxylic acids is 4. The first kappa shape index (κ1) is 23.0. The Balaban J connectivity index is 1.27. The minimum Gasteiger partial charge on any atom is -0.342 e. The average molecular weight is 471 g/mol. The van der Waals surface area contributed by atoms with Crippen LogP contribution in [-0.2, 0) is 20.9 Å². The maximum atomic E-state index is 14.5. The van der Waals surface area contributed by atoms with Gasteiger partial charge in [-0.2, -0.15) is 0 Å². The fourth-order valence-corrected chi connectivity index (χ4v) is 5.87. The molecule has 4 aliphatic rings. The van der Waals surface area contributed by atoms with Gasteiger partial charge < -0.3 is 9.80 Å². The molecule has 1 atom stereocenters. The van der Waals surface area contributed by atoms with Crippen molar-refractivity contribution in [1.29, 1.82) is 0 Å². The number of imide groups is 1. The zero-order valence-corrected chi connectivity index (χ0v) is 19.4. The van der Waals surface area contributed by atoms with Gasteiger partial charge in [0.05, 0.1) is 6.54 Å². The molecule has 3 saturated heterocycles. The van der Waals surface area contributed by atoms with E-state index in [0.29, 0.717) is 38.0 Å². The van der Waals surface area contributed by atoms with Crippen molar-refractivity contribution in [3.8, 4) is 0 Å². The van der Waals surface area contributed by atoms with E-state index in [2.05, 4.69) is 10.2 Å². The lowest BCUT2D eigenvalue weighted by atomic mass is 9.85. The smallest absolute Gasteiger partial charge is 0.255 e. The molecule has 3 fully saturated rings. The average Bonchev–Trinajstić information content (AvgIpc) is 3.15. The number of nitrogens with zero attached hydrogens (tertiary/aromatic N) is 3. The number of piperidine rings is 3. The molecule has 0 radical (unpaired) electrons. The fraction of sp³-hybridized carbons (Fsp3) is 0.600. The third-order valence-electron chi connectivity index (χ3n) is 7.75. The predicted molar refractivity (Wildman–Crippen MR) is 121 cm³/mol. The number of rotatable bonds is 4. The van der Waals surface area contributed by atoms with Crippen LogP contribution in [0.3, 0.4) is 0 Å². The summed E-state index contributed by atoms with van der Waals surface area (Å²) in [6.07, 6.45) is 5.42. The lowest BCUT2D eigenvalue weighted by Gasteiger charge is -2.35. The minimum absolute atomic E-state index is 0.0537. The second-order valence-corrected chi connectivity index (χ2v) is 9.91. The number of likely N-dealkylation sites (tertiary alicyclic amines) is 2. The van der Waals surface area contributed by atoms with Crippen LogP contribution in [0, 0.1) is 5.82 Å². The molecule has 1 unspecified atom stereocenters. The minimum atomic E-state index is -0.720. The Kier molecular flexibility index (Phi) is 6.38. The molecule has 1 aromatic carbocycles. The quantitative estimate of drug-likeness (QED) is 0.678. The summed E-state index contributed by atoms with van der Waals surface area (Å²) in [6, 6.07) is 2.04. The molecule has 0 bridgehead atoms. The Morgan fingerprint density at radius 1 is 1.00 bits per heavy atom. The maximum absolute atomic E-state index is 14.5. The number of amides is 4. The maximum Gasteiger partial charge on any atom is 0.255 e. The van der Waals surface area contributed by atoms with E-state index in [-0.39, 0.29) is 43.0 Å². The molecule has 8 nitrogen and oxygen atoms in total. The molecule has 0 aromatic heterocycles. The Bertz CT molecular complexity index is 1010. The lowest BCUT2D eigenvalue weighted by molar-refractivity contribution is -0.137. The van der Waals surface area contributed by atoms with Crippen molar-refractivity contribution in [3.63, 3.8) is 0 Å². The first-order chi connectivity index (χ1) is 16.4. The highest BCUT2D eigenvalue weighted by Crippen LogP contribution is 2.37. The molecule has 9 heteroatoms. The van der Waals surface area contributed by atoms with E-state index in [0.717, 1.165) is 37.1 Å². The van der Waals surface area contributed by atoms with E-state index in [1.54, 1.807) is 0 Å². The van der Waals surface area contributed by atoms with E-state index < -0.39 is 17.8 Å². The summed E-state index contributed by atoms with van der Waals surface area (Å²) in [4.78, 5) is 55.3. The van der Waals surface area contributed by atoms with E-state index in [9.17, 15) is 23.6 Å². The van der Waals surface area contributed by atoms with Crippen LogP contribution in [0.1, 0.15) is 72.3 Å². The largest absolute Gasteiger partial charge is 0.342 e. The first-order valence-electron chi connectivity index (χ1n) is 12.4. The van der Waals surface area contributed by atoms with E-state index >= 15 is 0 Å². The number of hydrogen-bond acceptors (Lipinski definition) is 5.